The predicted octanol–water partition coefficient (Wildman–Crippen LogP) is 6.03. The summed E-state index contributed by atoms with van der Waals surface area (Å²) in [6.45, 7) is 3.67. The molecule has 2 atom stereocenters. The lowest BCUT2D eigenvalue weighted by atomic mass is 10.0. The van der Waals surface area contributed by atoms with Gasteiger partial charge in [-0.25, -0.2) is 0 Å². The number of rotatable bonds is 11. The van der Waals surface area contributed by atoms with E-state index in [4.69, 9.17) is 9.47 Å². The van der Waals surface area contributed by atoms with Gasteiger partial charge in [0.25, 0.3) is 0 Å². The van der Waals surface area contributed by atoms with Crippen LogP contribution in [0, 0.1) is 5.92 Å². The molecule has 1 aromatic heterocycles. The molecule has 2 unspecified atom stereocenters. The summed E-state index contributed by atoms with van der Waals surface area (Å²) in [5, 5.41) is 25.4. The average molecular weight is 497 g/mol. The molecule has 4 N–H and O–H groups in total. The number of aromatic hydroxyl groups is 1. The first-order valence-corrected chi connectivity index (χ1v) is 12.6. The van der Waals surface area contributed by atoms with Gasteiger partial charge in [-0.05, 0) is 79.0 Å². The van der Waals surface area contributed by atoms with Crippen molar-refractivity contribution in [1.29, 1.82) is 0 Å². The van der Waals surface area contributed by atoms with Crippen LogP contribution in [-0.4, -0.2) is 41.0 Å². The van der Waals surface area contributed by atoms with Crippen LogP contribution in [0.15, 0.2) is 91.0 Å². The lowest BCUT2D eigenvalue weighted by molar-refractivity contribution is 0.106. The molecular formula is C31H32N2O4. The fourth-order valence-corrected chi connectivity index (χ4v) is 4.55. The van der Waals surface area contributed by atoms with Gasteiger partial charge in [-0.15, -0.1) is 0 Å². The molecule has 0 saturated carbocycles. The van der Waals surface area contributed by atoms with Gasteiger partial charge in [0, 0.05) is 22.8 Å². The molecule has 1 heterocycles. The molecule has 5 rings (SSSR count). The Labute approximate surface area is 216 Å². The van der Waals surface area contributed by atoms with Crippen LogP contribution in [0.3, 0.4) is 0 Å². The summed E-state index contributed by atoms with van der Waals surface area (Å²) in [5.41, 5.74) is 3.33. The summed E-state index contributed by atoms with van der Waals surface area (Å²) in [7, 11) is 0. The highest BCUT2D eigenvalue weighted by atomic mass is 16.5. The second-order valence-electron chi connectivity index (χ2n) is 9.52. The SMILES string of the molecule is CC(CNCC(O)COc1cccc2[nH]c3ccccc3c12)Cc1ccc(Oc2ccc(O)cc2)cc1. The van der Waals surface area contributed by atoms with E-state index in [9.17, 15) is 10.2 Å². The third kappa shape index (κ3) is 6.23. The number of phenolic OH excluding ortho intramolecular Hbond substituents is 1. The minimum absolute atomic E-state index is 0.216. The maximum absolute atomic E-state index is 10.5. The molecule has 0 amide bonds. The predicted molar refractivity (Wildman–Crippen MR) is 148 cm³/mol. The highest BCUT2D eigenvalue weighted by molar-refractivity contribution is 6.10. The maximum atomic E-state index is 10.5. The monoisotopic (exact) mass is 496 g/mol. The van der Waals surface area contributed by atoms with Gasteiger partial charge in [-0.2, -0.15) is 0 Å². The number of aliphatic hydroxyl groups is 1. The highest BCUT2D eigenvalue weighted by Crippen LogP contribution is 2.33. The van der Waals surface area contributed by atoms with Gasteiger partial charge in [0.1, 0.15) is 35.7 Å². The fourth-order valence-electron chi connectivity index (χ4n) is 4.55. The number of para-hydroxylation sites is 1. The van der Waals surface area contributed by atoms with Gasteiger partial charge in [0.15, 0.2) is 0 Å². The number of ether oxygens (including phenoxy) is 2. The summed E-state index contributed by atoms with van der Waals surface area (Å²) in [5.74, 6) is 2.83. The normalized spacial score (nSPS) is 13.0. The molecule has 0 fully saturated rings. The Bertz CT molecular complexity index is 1440. The summed E-state index contributed by atoms with van der Waals surface area (Å²) in [6, 6.07) is 28.8. The number of H-pyrrole nitrogens is 1. The van der Waals surface area contributed by atoms with Gasteiger partial charge in [-0.3, -0.25) is 0 Å². The zero-order valence-electron chi connectivity index (χ0n) is 20.9. The van der Waals surface area contributed by atoms with Gasteiger partial charge >= 0.3 is 0 Å². The van der Waals surface area contributed by atoms with E-state index in [2.05, 4.69) is 41.5 Å². The Balaban J connectivity index is 1.06. The Morgan fingerprint density at radius 2 is 1.51 bits per heavy atom. The Kier molecular flexibility index (Phi) is 7.59. The zero-order chi connectivity index (χ0) is 25.6. The van der Waals surface area contributed by atoms with Crippen molar-refractivity contribution in [1.82, 2.24) is 10.3 Å². The first kappa shape index (κ1) is 24.7. The van der Waals surface area contributed by atoms with E-state index >= 15 is 0 Å². The zero-order valence-corrected chi connectivity index (χ0v) is 20.9. The van der Waals surface area contributed by atoms with Gasteiger partial charge in [0.2, 0.25) is 0 Å². The topological polar surface area (TPSA) is 86.7 Å². The lowest BCUT2D eigenvalue weighted by Gasteiger charge is -2.17. The summed E-state index contributed by atoms with van der Waals surface area (Å²) in [6.07, 6.45) is 0.311. The molecule has 37 heavy (non-hydrogen) atoms. The van der Waals surface area contributed by atoms with Crippen LogP contribution in [0.1, 0.15) is 12.5 Å². The largest absolute Gasteiger partial charge is 0.508 e. The second kappa shape index (κ2) is 11.4. The average Bonchev–Trinajstić information content (AvgIpc) is 3.29. The molecule has 0 bridgehead atoms. The Hall–Kier alpha value is -4.00. The molecule has 0 aliphatic rings. The van der Waals surface area contributed by atoms with Crippen LogP contribution in [-0.2, 0) is 6.42 Å². The quantitative estimate of drug-likeness (QED) is 0.179. The van der Waals surface area contributed by atoms with Crippen molar-refractivity contribution in [2.45, 2.75) is 19.4 Å². The van der Waals surface area contributed by atoms with Crippen LogP contribution in [0.2, 0.25) is 0 Å². The van der Waals surface area contributed by atoms with Crippen LogP contribution >= 0.6 is 0 Å². The molecule has 0 radical (unpaired) electrons. The number of phenols is 1. The maximum Gasteiger partial charge on any atom is 0.129 e. The first-order chi connectivity index (χ1) is 18.0. The number of hydrogen-bond donors (Lipinski definition) is 4. The van der Waals surface area contributed by atoms with Crippen molar-refractivity contribution in [2.75, 3.05) is 19.7 Å². The second-order valence-corrected chi connectivity index (χ2v) is 9.52. The number of aliphatic hydroxyl groups excluding tert-OH is 1. The molecule has 6 heteroatoms. The number of aromatic amines is 1. The lowest BCUT2D eigenvalue weighted by Crippen LogP contribution is -2.34. The van der Waals surface area contributed by atoms with Crippen LogP contribution in [0.5, 0.6) is 23.0 Å². The van der Waals surface area contributed by atoms with E-state index in [0.29, 0.717) is 18.2 Å². The summed E-state index contributed by atoms with van der Waals surface area (Å²) >= 11 is 0. The molecule has 6 nitrogen and oxygen atoms in total. The Morgan fingerprint density at radius 1 is 0.811 bits per heavy atom. The van der Waals surface area contributed by atoms with E-state index < -0.39 is 6.10 Å². The van der Waals surface area contributed by atoms with Crippen LogP contribution in [0.25, 0.3) is 21.8 Å². The summed E-state index contributed by atoms with van der Waals surface area (Å²) < 4.78 is 11.8. The van der Waals surface area contributed by atoms with Crippen molar-refractivity contribution in [2.24, 2.45) is 5.92 Å². The van der Waals surface area contributed by atoms with E-state index in [-0.39, 0.29) is 12.4 Å². The fraction of sp³-hybridized carbons (Fsp3) is 0.226. The molecular weight excluding hydrogens is 464 g/mol. The molecule has 0 spiro atoms. The van der Waals surface area contributed by atoms with E-state index in [1.165, 1.54) is 5.56 Å². The van der Waals surface area contributed by atoms with Crippen LogP contribution < -0.4 is 14.8 Å². The number of aromatic nitrogens is 1. The van der Waals surface area contributed by atoms with Gasteiger partial charge in [-0.1, -0.05) is 43.3 Å². The molecule has 0 saturated heterocycles. The minimum atomic E-state index is -0.607. The third-order valence-electron chi connectivity index (χ3n) is 6.38. The van der Waals surface area contributed by atoms with Crippen molar-refractivity contribution in [3.05, 3.63) is 96.6 Å². The van der Waals surface area contributed by atoms with Gasteiger partial charge < -0.3 is 30.0 Å². The van der Waals surface area contributed by atoms with E-state index in [1.54, 1.807) is 24.3 Å². The highest BCUT2D eigenvalue weighted by Gasteiger charge is 2.12. The minimum Gasteiger partial charge on any atom is -0.508 e. The van der Waals surface area contributed by atoms with Crippen molar-refractivity contribution >= 4 is 21.8 Å². The Morgan fingerprint density at radius 3 is 2.30 bits per heavy atom. The first-order valence-electron chi connectivity index (χ1n) is 12.6. The standard InChI is InChI=1S/C31H32N2O4/c1-21(17-22-9-13-25(14-10-22)37-26-15-11-23(34)12-16-26)18-32-19-24(35)20-36-30-8-4-7-29-31(30)27-5-2-3-6-28(27)33-29/h2-16,21,24,32-35H,17-20H2,1H3. The van der Waals surface area contributed by atoms with Crippen molar-refractivity contribution < 1.29 is 19.7 Å². The third-order valence-corrected chi connectivity index (χ3v) is 6.38. The van der Waals surface area contributed by atoms with E-state index in [1.807, 2.05) is 42.5 Å². The molecule has 0 aliphatic heterocycles. The number of benzene rings is 4. The van der Waals surface area contributed by atoms with E-state index in [0.717, 1.165) is 46.3 Å². The van der Waals surface area contributed by atoms with Crippen molar-refractivity contribution in [3.63, 3.8) is 0 Å². The van der Waals surface area contributed by atoms with Crippen LogP contribution in [0.4, 0.5) is 0 Å². The smallest absolute Gasteiger partial charge is 0.129 e. The molecule has 4 aromatic carbocycles. The van der Waals surface area contributed by atoms with Crippen molar-refractivity contribution in [3.8, 4) is 23.0 Å². The number of hydrogen-bond acceptors (Lipinski definition) is 5. The summed E-state index contributed by atoms with van der Waals surface area (Å²) in [4.78, 5) is 3.42. The molecule has 5 aromatic rings. The molecule has 190 valence electrons. The van der Waals surface area contributed by atoms with Gasteiger partial charge in [0.05, 0.1) is 5.52 Å². The number of fused-ring (bicyclic) bond motifs is 3. The number of nitrogens with one attached hydrogen (secondary N) is 2. The molecule has 0 aliphatic carbocycles.